The second-order valence-corrected chi connectivity index (χ2v) is 9.49. The van der Waals surface area contributed by atoms with Gasteiger partial charge in [-0.05, 0) is 70.0 Å². The van der Waals surface area contributed by atoms with Crippen molar-refractivity contribution in [3.05, 3.63) is 91.3 Å². The van der Waals surface area contributed by atoms with Crippen molar-refractivity contribution in [2.24, 2.45) is 0 Å². The third-order valence-corrected chi connectivity index (χ3v) is 6.69. The van der Waals surface area contributed by atoms with Crippen LogP contribution in [0.3, 0.4) is 0 Å². The van der Waals surface area contributed by atoms with Gasteiger partial charge in [0.2, 0.25) is 0 Å². The highest BCUT2D eigenvalue weighted by Crippen LogP contribution is 2.38. The molecule has 1 fully saturated rings. The zero-order chi connectivity index (χ0) is 25.1. The SMILES string of the molecule is COc1cc(/C=C2\C(=O)NC(=O)N(c3ccc(Cl)cc3)C2=O)cc(Br)c1OCc1ccccc1Br. The molecule has 1 aliphatic heterocycles. The monoisotopic (exact) mass is 618 g/mol. The van der Waals surface area contributed by atoms with Crippen LogP contribution in [-0.4, -0.2) is 25.0 Å². The van der Waals surface area contributed by atoms with E-state index >= 15 is 0 Å². The Kier molecular flexibility index (Phi) is 7.59. The van der Waals surface area contributed by atoms with Crippen molar-refractivity contribution in [3.63, 3.8) is 0 Å². The molecule has 0 radical (unpaired) electrons. The third kappa shape index (κ3) is 5.42. The van der Waals surface area contributed by atoms with Crippen LogP contribution in [0.1, 0.15) is 11.1 Å². The molecule has 4 amide bonds. The summed E-state index contributed by atoms with van der Waals surface area (Å²) in [4.78, 5) is 38.9. The summed E-state index contributed by atoms with van der Waals surface area (Å²) in [5.74, 6) is -0.699. The summed E-state index contributed by atoms with van der Waals surface area (Å²) in [5.41, 5.74) is 1.51. The molecule has 1 aliphatic rings. The van der Waals surface area contributed by atoms with Crippen molar-refractivity contribution >= 4 is 73.1 Å². The predicted octanol–water partition coefficient (Wildman–Crippen LogP) is 6.12. The first-order valence-electron chi connectivity index (χ1n) is 10.2. The second-order valence-electron chi connectivity index (χ2n) is 7.35. The van der Waals surface area contributed by atoms with Crippen LogP contribution in [-0.2, 0) is 16.2 Å². The molecule has 0 spiro atoms. The molecule has 1 N–H and O–H groups in total. The fourth-order valence-corrected chi connectivity index (χ4v) is 4.48. The van der Waals surface area contributed by atoms with E-state index in [2.05, 4.69) is 37.2 Å². The van der Waals surface area contributed by atoms with Crippen molar-refractivity contribution in [1.29, 1.82) is 0 Å². The molecule has 35 heavy (non-hydrogen) atoms. The lowest BCUT2D eigenvalue weighted by molar-refractivity contribution is -0.122. The number of hydrogen-bond acceptors (Lipinski definition) is 5. The number of ether oxygens (including phenoxy) is 2. The van der Waals surface area contributed by atoms with E-state index in [0.717, 1.165) is 14.9 Å². The summed E-state index contributed by atoms with van der Waals surface area (Å²) in [6.07, 6.45) is 1.39. The van der Waals surface area contributed by atoms with Gasteiger partial charge in [0.15, 0.2) is 11.5 Å². The number of carbonyl (C=O) groups is 3. The molecule has 0 unspecified atom stereocenters. The molecule has 3 aromatic rings. The number of urea groups is 1. The maximum absolute atomic E-state index is 13.1. The number of amides is 4. The van der Waals surface area contributed by atoms with E-state index in [1.54, 1.807) is 24.3 Å². The molecule has 3 aromatic carbocycles. The fourth-order valence-electron chi connectivity index (χ4n) is 3.38. The molecule has 1 saturated heterocycles. The predicted molar refractivity (Wildman–Crippen MR) is 140 cm³/mol. The molecular weight excluding hydrogens is 604 g/mol. The minimum Gasteiger partial charge on any atom is -0.493 e. The number of rotatable bonds is 6. The topological polar surface area (TPSA) is 84.9 Å². The Labute approximate surface area is 222 Å². The molecule has 0 bridgehead atoms. The Morgan fingerprint density at radius 2 is 1.71 bits per heavy atom. The standard InChI is InChI=1S/C25H17Br2ClN2O5/c1-34-21-12-14(11-20(27)22(21)35-13-15-4-2-3-5-19(15)26)10-18-23(31)29-25(33)30(24(18)32)17-8-6-16(28)7-9-17/h2-12H,13H2,1H3,(H,29,31,33)/b18-10+. The molecule has 0 aromatic heterocycles. The molecule has 0 aliphatic carbocycles. The van der Waals surface area contributed by atoms with Gasteiger partial charge in [0.25, 0.3) is 11.8 Å². The minimum atomic E-state index is -0.839. The van der Waals surface area contributed by atoms with Gasteiger partial charge in [0, 0.05) is 15.1 Å². The first-order valence-corrected chi connectivity index (χ1v) is 12.2. The summed E-state index contributed by atoms with van der Waals surface area (Å²) >= 11 is 12.9. The van der Waals surface area contributed by atoms with Crippen LogP contribution < -0.4 is 19.7 Å². The molecular formula is C25H17Br2ClN2O5. The molecule has 4 rings (SSSR count). The first-order chi connectivity index (χ1) is 16.8. The molecule has 178 valence electrons. The Morgan fingerprint density at radius 1 is 1.00 bits per heavy atom. The van der Waals surface area contributed by atoms with E-state index in [0.29, 0.717) is 26.6 Å². The molecule has 10 heteroatoms. The third-order valence-electron chi connectivity index (χ3n) is 5.08. The number of barbiturate groups is 1. The van der Waals surface area contributed by atoms with Crippen molar-refractivity contribution < 1.29 is 23.9 Å². The van der Waals surface area contributed by atoms with Crippen molar-refractivity contribution in [3.8, 4) is 11.5 Å². The number of hydrogen-bond donors (Lipinski definition) is 1. The van der Waals surface area contributed by atoms with Crippen LogP contribution in [0.2, 0.25) is 5.02 Å². The van der Waals surface area contributed by atoms with Crippen LogP contribution in [0, 0.1) is 0 Å². The molecule has 0 saturated carbocycles. The molecule has 1 heterocycles. The van der Waals surface area contributed by atoms with Gasteiger partial charge in [-0.25, -0.2) is 9.69 Å². The number of halogens is 3. The first kappa shape index (κ1) is 25.0. The maximum atomic E-state index is 13.1. The molecule has 7 nitrogen and oxygen atoms in total. The minimum absolute atomic E-state index is 0.213. The lowest BCUT2D eigenvalue weighted by Gasteiger charge is -2.26. The van der Waals surface area contributed by atoms with Crippen LogP contribution in [0.15, 0.2) is 75.2 Å². The highest BCUT2D eigenvalue weighted by Gasteiger charge is 2.36. The smallest absolute Gasteiger partial charge is 0.335 e. The largest absolute Gasteiger partial charge is 0.493 e. The Morgan fingerprint density at radius 3 is 2.40 bits per heavy atom. The highest BCUT2D eigenvalue weighted by atomic mass is 79.9. The summed E-state index contributed by atoms with van der Waals surface area (Å²) < 4.78 is 12.9. The lowest BCUT2D eigenvalue weighted by Crippen LogP contribution is -2.54. The fraction of sp³-hybridized carbons (Fsp3) is 0.0800. The van der Waals surface area contributed by atoms with Crippen LogP contribution in [0.4, 0.5) is 10.5 Å². The Balaban J connectivity index is 1.64. The molecule has 0 atom stereocenters. The van der Waals surface area contributed by atoms with Crippen LogP contribution in [0.5, 0.6) is 11.5 Å². The average molecular weight is 621 g/mol. The van der Waals surface area contributed by atoms with Gasteiger partial charge >= 0.3 is 6.03 Å². The number of imide groups is 2. The highest BCUT2D eigenvalue weighted by molar-refractivity contribution is 9.10. The summed E-state index contributed by atoms with van der Waals surface area (Å²) in [7, 11) is 1.49. The quantitative estimate of drug-likeness (QED) is 0.265. The van der Waals surface area contributed by atoms with E-state index in [1.807, 2.05) is 24.3 Å². The van der Waals surface area contributed by atoms with Gasteiger partial charge in [0.1, 0.15) is 12.2 Å². The van der Waals surface area contributed by atoms with E-state index < -0.39 is 17.8 Å². The van der Waals surface area contributed by atoms with Gasteiger partial charge in [-0.3, -0.25) is 14.9 Å². The van der Waals surface area contributed by atoms with Crippen LogP contribution in [0.25, 0.3) is 6.08 Å². The van der Waals surface area contributed by atoms with Crippen molar-refractivity contribution in [1.82, 2.24) is 5.32 Å². The van der Waals surface area contributed by atoms with Crippen molar-refractivity contribution in [2.75, 3.05) is 12.0 Å². The average Bonchev–Trinajstić information content (AvgIpc) is 2.83. The van der Waals surface area contributed by atoms with E-state index in [1.165, 1.54) is 25.3 Å². The number of methoxy groups -OCH3 is 1. The number of nitrogens with zero attached hydrogens (tertiary/aromatic N) is 1. The number of benzene rings is 3. The zero-order valence-electron chi connectivity index (χ0n) is 18.2. The van der Waals surface area contributed by atoms with E-state index in [9.17, 15) is 14.4 Å². The number of nitrogens with one attached hydrogen (secondary N) is 1. The van der Waals surface area contributed by atoms with Crippen molar-refractivity contribution in [2.45, 2.75) is 6.61 Å². The summed E-state index contributed by atoms with van der Waals surface area (Å²) in [5, 5.41) is 2.64. The van der Waals surface area contributed by atoms with E-state index in [4.69, 9.17) is 21.1 Å². The van der Waals surface area contributed by atoms with Gasteiger partial charge in [-0.2, -0.15) is 0 Å². The zero-order valence-corrected chi connectivity index (χ0v) is 22.1. The maximum Gasteiger partial charge on any atom is 0.335 e. The van der Waals surface area contributed by atoms with E-state index in [-0.39, 0.29) is 17.9 Å². The van der Waals surface area contributed by atoms with Crippen LogP contribution >= 0.6 is 43.5 Å². The Bertz CT molecular complexity index is 1360. The normalized spacial score (nSPS) is 14.8. The number of anilines is 1. The van der Waals surface area contributed by atoms with Gasteiger partial charge < -0.3 is 9.47 Å². The van der Waals surface area contributed by atoms with Gasteiger partial charge in [-0.1, -0.05) is 45.7 Å². The summed E-state index contributed by atoms with van der Waals surface area (Å²) in [6, 6.07) is 16.3. The number of carbonyl (C=O) groups excluding carboxylic acids is 3. The summed E-state index contributed by atoms with van der Waals surface area (Å²) in [6.45, 7) is 0.288. The van der Waals surface area contributed by atoms with Gasteiger partial charge in [0.05, 0.1) is 17.3 Å². The second kappa shape index (κ2) is 10.6. The Hall–Kier alpha value is -3.14. The van der Waals surface area contributed by atoms with Gasteiger partial charge in [-0.15, -0.1) is 0 Å². The lowest BCUT2D eigenvalue weighted by atomic mass is 10.1.